The zero-order valence-corrected chi connectivity index (χ0v) is 10.5. The molecule has 1 heterocycles. The third-order valence-corrected chi connectivity index (χ3v) is 1.70. The van der Waals surface area contributed by atoms with Gasteiger partial charge in [0.1, 0.15) is 11.4 Å². The molecule has 0 saturated heterocycles. The number of rotatable bonds is 3. The van der Waals surface area contributed by atoms with Gasteiger partial charge in [0.05, 0.1) is 0 Å². The number of hydrogen-bond acceptors (Lipinski definition) is 4. The van der Waals surface area contributed by atoms with Gasteiger partial charge in [0, 0.05) is 13.1 Å². The summed E-state index contributed by atoms with van der Waals surface area (Å²) in [5, 5.41) is 6.02. The fourth-order valence-corrected chi connectivity index (χ4v) is 1.11. The topological polar surface area (TPSA) is 65.4 Å². The molecule has 0 bridgehead atoms. The average Bonchev–Trinajstić information content (AvgIpc) is 2.41. The largest absolute Gasteiger partial charge is 0.444 e. The van der Waals surface area contributed by atoms with Crippen molar-refractivity contribution in [2.75, 3.05) is 5.32 Å². The Kier molecular flexibility index (Phi) is 4.10. The van der Waals surface area contributed by atoms with Crippen molar-refractivity contribution in [2.45, 2.75) is 33.0 Å². The summed E-state index contributed by atoms with van der Waals surface area (Å²) < 4.78 is 34.2. The van der Waals surface area contributed by atoms with E-state index in [4.69, 9.17) is 4.74 Å². The van der Waals surface area contributed by atoms with E-state index in [9.17, 15) is 13.6 Å². The molecule has 0 saturated carbocycles. The molecule has 1 rings (SSSR count). The summed E-state index contributed by atoms with van der Waals surface area (Å²) in [6.45, 7) is 2.16. The number of aryl methyl sites for hydroxylation is 1. The lowest BCUT2D eigenvalue weighted by Crippen LogP contribution is -2.27. The first-order valence-corrected chi connectivity index (χ1v) is 5.16. The molecule has 0 aliphatic heterocycles. The Morgan fingerprint density at radius 2 is 2.11 bits per heavy atom. The number of carbonyl (C=O) groups excluding carboxylic acids is 1. The number of amides is 1. The van der Waals surface area contributed by atoms with Crippen LogP contribution in [0.2, 0.25) is 0 Å². The maximum atomic E-state index is 12.0. The Hall–Kier alpha value is -1.86. The molecule has 8 heteroatoms. The van der Waals surface area contributed by atoms with Crippen LogP contribution in [0.3, 0.4) is 0 Å². The number of anilines is 1. The number of aromatic nitrogens is 2. The number of carbonyl (C=O) groups is 1. The van der Waals surface area contributed by atoms with Crippen LogP contribution in [0, 0.1) is 0 Å². The molecule has 0 aliphatic carbocycles. The van der Waals surface area contributed by atoms with Gasteiger partial charge in [-0.25, -0.2) is 9.48 Å². The predicted molar refractivity (Wildman–Crippen MR) is 59.7 cm³/mol. The summed E-state index contributed by atoms with van der Waals surface area (Å²) >= 11 is 0. The quantitative estimate of drug-likeness (QED) is 0.909. The summed E-state index contributed by atoms with van der Waals surface area (Å²) in [5.41, 5.74) is -0.648. The van der Waals surface area contributed by atoms with Gasteiger partial charge in [-0.3, -0.25) is 5.32 Å². The molecule has 1 aromatic rings. The number of nitrogens with one attached hydrogen (secondary N) is 1. The van der Waals surface area contributed by atoms with Gasteiger partial charge in [-0.05, 0) is 20.8 Å². The molecule has 18 heavy (non-hydrogen) atoms. The molecule has 6 nitrogen and oxygen atoms in total. The third kappa shape index (κ3) is 4.56. The van der Waals surface area contributed by atoms with Gasteiger partial charge in [0.2, 0.25) is 5.88 Å². The Morgan fingerprint density at radius 3 is 2.61 bits per heavy atom. The lowest BCUT2D eigenvalue weighted by Gasteiger charge is -2.19. The number of ether oxygens (including phenoxy) is 2. The van der Waals surface area contributed by atoms with Crippen molar-refractivity contribution in [1.29, 1.82) is 0 Å². The second kappa shape index (κ2) is 5.19. The molecule has 0 spiro atoms. The van der Waals surface area contributed by atoms with E-state index in [1.54, 1.807) is 20.8 Å². The van der Waals surface area contributed by atoms with Gasteiger partial charge in [-0.15, -0.1) is 5.10 Å². The summed E-state index contributed by atoms with van der Waals surface area (Å²) in [7, 11) is 1.48. The van der Waals surface area contributed by atoms with E-state index >= 15 is 0 Å². The first-order chi connectivity index (χ1) is 8.17. The summed E-state index contributed by atoms with van der Waals surface area (Å²) in [4.78, 5) is 11.4. The van der Waals surface area contributed by atoms with Gasteiger partial charge in [0.15, 0.2) is 0 Å². The SMILES string of the molecule is Cn1nc(OC(F)F)cc1NC(=O)OC(C)(C)C. The highest BCUT2D eigenvalue weighted by Crippen LogP contribution is 2.18. The van der Waals surface area contributed by atoms with Crippen LogP contribution in [0.5, 0.6) is 5.88 Å². The van der Waals surface area contributed by atoms with Crippen LogP contribution in [0.1, 0.15) is 20.8 Å². The Labute approximate surface area is 103 Å². The molecule has 1 aromatic heterocycles. The molecule has 102 valence electrons. The van der Waals surface area contributed by atoms with Crippen molar-refractivity contribution >= 4 is 11.9 Å². The molecule has 0 atom stereocenters. The number of halogens is 2. The van der Waals surface area contributed by atoms with E-state index in [1.165, 1.54) is 17.8 Å². The van der Waals surface area contributed by atoms with Gasteiger partial charge < -0.3 is 9.47 Å². The monoisotopic (exact) mass is 263 g/mol. The highest BCUT2D eigenvalue weighted by atomic mass is 19.3. The van der Waals surface area contributed by atoms with Crippen molar-refractivity contribution in [3.05, 3.63) is 6.07 Å². The first-order valence-electron chi connectivity index (χ1n) is 5.16. The van der Waals surface area contributed by atoms with Crippen LogP contribution >= 0.6 is 0 Å². The summed E-state index contributed by atoms with van der Waals surface area (Å²) in [6.07, 6.45) is -0.700. The second-order valence-electron chi connectivity index (χ2n) is 4.50. The van der Waals surface area contributed by atoms with E-state index < -0.39 is 18.3 Å². The standard InChI is InChI=1S/C10H15F2N3O3/c1-10(2,3)18-9(16)13-6-5-7(14-15(6)4)17-8(11)12/h5,8H,1-4H3,(H,13,16). The molecule has 1 amide bonds. The van der Waals surface area contributed by atoms with E-state index in [-0.39, 0.29) is 11.7 Å². The highest BCUT2D eigenvalue weighted by Gasteiger charge is 2.18. The predicted octanol–water partition coefficient (Wildman–Crippen LogP) is 2.37. The lowest BCUT2D eigenvalue weighted by atomic mass is 10.2. The zero-order valence-electron chi connectivity index (χ0n) is 10.5. The fourth-order valence-electron chi connectivity index (χ4n) is 1.11. The van der Waals surface area contributed by atoms with Crippen molar-refractivity contribution in [3.63, 3.8) is 0 Å². The van der Waals surface area contributed by atoms with Crippen molar-refractivity contribution in [3.8, 4) is 5.88 Å². The van der Waals surface area contributed by atoms with E-state index in [0.717, 1.165) is 0 Å². The number of nitrogens with zero attached hydrogens (tertiary/aromatic N) is 2. The minimum atomic E-state index is -2.96. The smallest absolute Gasteiger partial charge is 0.413 e. The van der Waals surface area contributed by atoms with E-state index in [1.807, 2.05) is 0 Å². The average molecular weight is 263 g/mol. The van der Waals surface area contributed by atoms with E-state index in [0.29, 0.717) is 0 Å². The Balaban J connectivity index is 2.67. The third-order valence-electron chi connectivity index (χ3n) is 1.70. The van der Waals surface area contributed by atoms with Crippen molar-refractivity contribution < 1.29 is 23.0 Å². The molecular formula is C10H15F2N3O3. The van der Waals surface area contributed by atoms with Gasteiger partial charge in [-0.2, -0.15) is 8.78 Å². The molecule has 0 radical (unpaired) electrons. The Morgan fingerprint density at radius 1 is 1.50 bits per heavy atom. The van der Waals surface area contributed by atoms with Crippen LogP contribution in [0.4, 0.5) is 19.4 Å². The van der Waals surface area contributed by atoms with Crippen LogP contribution in [-0.2, 0) is 11.8 Å². The molecule has 0 unspecified atom stereocenters. The molecule has 0 aromatic carbocycles. The van der Waals surface area contributed by atoms with Crippen LogP contribution in [0.25, 0.3) is 0 Å². The van der Waals surface area contributed by atoms with Gasteiger partial charge in [0.25, 0.3) is 0 Å². The molecule has 1 N–H and O–H groups in total. The lowest BCUT2D eigenvalue weighted by molar-refractivity contribution is -0.0531. The second-order valence-corrected chi connectivity index (χ2v) is 4.50. The van der Waals surface area contributed by atoms with Gasteiger partial charge in [-0.1, -0.05) is 0 Å². The number of alkyl halides is 2. The normalized spacial score (nSPS) is 11.5. The molecule has 0 fully saturated rings. The fraction of sp³-hybridized carbons (Fsp3) is 0.600. The summed E-state index contributed by atoms with van der Waals surface area (Å²) in [5.74, 6) is -0.0848. The van der Waals surface area contributed by atoms with Crippen molar-refractivity contribution in [1.82, 2.24) is 9.78 Å². The van der Waals surface area contributed by atoms with Crippen LogP contribution < -0.4 is 10.1 Å². The minimum Gasteiger partial charge on any atom is -0.444 e. The van der Waals surface area contributed by atoms with Crippen LogP contribution in [-0.4, -0.2) is 28.1 Å². The maximum Gasteiger partial charge on any atom is 0.413 e. The Bertz CT molecular complexity index is 426. The van der Waals surface area contributed by atoms with Gasteiger partial charge >= 0.3 is 12.7 Å². The molecule has 0 aliphatic rings. The molecular weight excluding hydrogens is 248 g/mol. The summed E-state index contributed by atoms with van der Waals surface area (Å²) in [6, 6.07) is 1.18. The highest BCUT2D eigenvalue weighted by molar-refractivity contribution is 5.83. The number of hydrogen-bond donors (Lipinski definition) is 1. The zero-order chi connectivity index (χ0) is 13.9. The van der Waals surface area contributed by atoms with Crippen molar-refractivity contribution in [2.24, 2.45) is 7.05 Å². The first kappa shape index (κ1) is 14.2. The van der Waals surface area contributed by atoms with E-state index in [2.05, 4.69) is 15.2 Å². The van der Waals surface area contributed by atoms with Crippen LogP contribution in [0.15, 0.2) is 6.07 Å². The minimum absolute atomic E-state index is 0.194. The maximum absolute atomic E-state index is 12.0.